The van der Waals surface area contributed by atoms with Crippen LogP contribution in [0.2, 0.25) is 0 Å². The van der Waals surface area contributed by atoms with Gasteiger partial charge < -0.3 is 52.4 Å². The first-order chi connectivity index (χ1) is 60.4. The summed E-state index contributed by atoms with van der Waals surface area (Å²) in [5.41, 5.74) is 19.9. The Bertz CT molecular complexity index is 6560. The molecule has 0 atom stereocenters. The van der Waals surface area contributed by atoms with E-state index in [-0.39, 0.29) is 125 Å². The highest BCUT2D eigenvalue weighted by atomic mass is 35.5. The average molecular weight is 1790 g/mol. The van der Waals surface area contributed by atoms with Gasteiger partial charge in [0.25, 0.3) is 22.6 Å². The molecule has 14 aromatic rings. The maximum absolute atomic E-state index is 13.2. The van der Waals surface area contributed by atoms with Crippen LogP contribution < -0.4 is 45.1 Å². The molecule has 12 N–H and O–H groups in total. The molecule has 3 amide bonds. The molecule has 0 radical (unpaired) electrons. The number of carbonyl (C=O) groups is 3. The van der Waals surface area contributed by atoms with Crippen molar-refractivity contribution < 1.29 is 68.8 Å². The molecule has 2 saturated heterocycles. The van der Waals surface area contributed by atoms with E-state index >= 15 is 0 Å². The molecule has 0 bridgehead atoms. The Balaban J connectivity index is 0.000000177. The minimum absolute atomic E-state index is 0. The Hall–Kier alpha value is -15.9. The number of nitrogens with zero attached hydrogens (tertiary/aromatic N) is 20. The SMILES string of the molecule is CC(C)(C)OC(=O)N1CCC(O)(Cn2cnc3c(cnn3-c3ccc(F)cc3)c2=O)CC1.CC=C(C#N)C#N.Cl.N#Cc1cnn(-c2ccc(F)cc2)c1N.NC(=O)c1cnn(-c2ccc(F)cc2)c1N.NNc1ccc(F)cc1.O=C(N1CCC(O)(Cn2cnc3c(cnn3-c3ccc(F)cc3)c2=O)CC1)C(F)(F)F.O=c1[nH]cnc2c1cnn2-c1ccc(F)cc1. The number of nitriles is 3. The van der Waals surface area contributed by atoms with Gasteiger partial charge >= 0.3 is 18.2 Å². The zero-order valence-electron chi connectivity index (χ0n) is 67.9. The van der Waals surface area contributed by atoms with Gasteiger partial charge in [-0.2, -0.15) is 54.5 Å². The molecule has 16 rings (SSSR count). The minimum Gasteiger partial charge on any atom is -0.444 e. The molecule has 35 nitrogen and oxygen atoms in total. The number of carbonyl (C=O) groups excluding carboxylic acids is 3. The lowest BCUT2D eigenvalue weighted by molar-refractivity contribution is -0.189. The predicted molar refractivity (Wildman–Crippen MR) is 450 cm³/mol. The van der Waals surface area contributed by atoms with Gasteiger partial charge in [-0.3, -0.25) is 38.9 Å². The van der Waals surface area contributed by atoms with Crippen LogP contribution in [0.4, 0.5) is 61.6 Å². The summed E-state index contributed by atoms with van der Waals surface area (Å²) in [7, 11) is 0. The van der Waals surface area contributed by atoms with Crippen LogP contribution >= 0.6 is 12.4 Å². The van der Waals surface area contributed by atoms with Gasteiger partial charge in [-0.05, 0) is 199 Å². The standard InChI is InChI=1S/C22H26FN5O4.C19H17F4N5O3.C11H7FN4O.C10H9FN4O.C10H7FN4.C6H7FN2.C5H4N2.ClH/c1-21(2,3)32-20(30)26-10-8-22(31,9-11-26)13-27-14-24-18-17(19(27)29)12-25-28(18)16-6-4-15(23)5-7-16;20-12-1-3-13(4-2-12)28-15-14(9-25-28)16(29)27(11-24-15)10-18(31)5-7-26(8-6-18)17(30)19(21,22)23;12-7-1-3-8(4-2-7)16-10-9(5-15-16)11(17)14-6-13-10;11-6-1-3-7(4-2-6)15-9(12)8(5-14-15)10(13)16;11-8-1-3-9(4-2-8)15-10(13)7(5-12)6-14-15;7-5-1-3-6(9-8)4-2-5;1-2-5(3-6)4-7;/h4-7,12,14,31H,8-11,13H2,1-3H3;1-4,9,11,31H,5-8,10H2;1-6H,(H,13,14,17);1-5H,12H2,(H2,13,16);1-4,6H,13H2;1-4,9H,8H2;2H,1H3;1H. The fraction of sp³-hybridized carbons (Fsp3) is 0.217. The number of hydrazine groups is 1. The van der Waals surface area contributed by atoms with Crippen LogP contribution in [0.5, 0.6) is 0 Å². The van der Waals surface area contributed by atoms with Gasteiger partial charge in [0, 0.05) is 31.9 Å². The molecule has 2 aliphatic heterocycles. The molecule has 0 unspecified atom stereocenters. The van der Waals surface area contributed by atoms with Gasteiger partial charge in [0.2, 0.25) is 0 Å². The van der Waals surface area contributed by atoms with E-state index in [1.807, 2.05) is 6.07 Å². The van der Waals surface area contributed by atoms with Gasteiger partial charge in [-0.1, -0.05) is 6.08 Å². The fourth-order valence-electron chi connectivity index (χ4n) is 12.2. The number of nitrogens with one attached hydrogen (secondary N) is 2. The highest BCUT2D eigenvalue weighted by Crippen LogP contribution is 2.30. The van der Waals surface area contributed by atoms with E-state index in [0.29, 0.717) is 92.6 Å². The number of allylic oxidation sites excluding steroid dienone is 2. The van der Waals surface area contributed by atoms with Crippen molar-refractivity contribution in [3.05, 3.63) is 284 Å². The number of hydrogen-bond acceptors (Lipinski definition) is 24. The molecule has 0 spiro atoms. The third-order valence-corrected chi connectivity index (χ3v) is 18.9. The number of H-pyrrole nitrogens is 1. The Kier molecular flexibility index (Phi) is 31.5. The summed E-state index contributed by atoms with van der Waals surface area (Å²) in [6, 6.07) is 39.4. The zero-order valence-corrected chi connectivity index (χ0v) is 68.8. The summed E-state index contributed by atoms with van der Waals surface area (Å²) in [6.45, 7) is 7.04. The number of benzene rings is 6. The number of amides is 3. The van der Waals surface area contributed by atoms with Gasteiger partial charge in [0.05, 0.1) is 90.0 Å². The van der Waals surface area contributed by atoms with Crippen LogP contribution in [-0.4, -0.2) is 165 Å². The van der Waals surface area contributed by atoms with Gasteiger partial charge in [0.1, 0.15) is 116 Å². The second kappa shape index (κ2) is 42.0. The van der Waals surface area contributed by atoms with Crippen molar-refractivity contribution in [3.63, 3.8) is 0 Å². The van der Waals surface area contributed by atoms with Gasteiger partial charge in [-0.25, -0.2) is 69.5 Å². The number of alkyl halides is 3. The van der Waals surface area contributed by atoms with Crippen molar-refractivity contribution in [2.24, 2.45) is 11.6 Å². The second-order valence-corrected chi connectivity index (χ2v) is 28.8. The smallest absolute Gasteiger partial charge is 0.444 e. The molecule has 45 heteroatoms. The Morgan fingerprint density at radius 2 is 0.867 bits per heavy atom. The highest BCUT2D eigenvalue weighted by molar-refractivity contribution is 5.97. The number of rotatable bonds is 11. The van der Waals surface area contributed by atoms with Crippen LogP contribution in [0.1, 0.15) is 69.3 Å². The van der Waals surface area contributed by atoms with Crippen LogP contribution in [0.15, 0.2) is 222 Å². The molecular weight excluding hydrogens is 1710 g/mol. The maximum atomic E-state index is 13.2. The number of nitrogen functional groups attached to an aromatic ring is 3. The highest BCUT2D eigenvalue weighted by Gasteiger charge is 2.46. The summed E-state index contributed by atoms with van der Waals surface area (Å²) < 4.78 is 129. The van der Waals surface area contributed by atoms with E-state index in [4.69, 9.17) is 43.6 Å². The number of fused-ring (bicyclic) bond motifs is 3. The molecule has 0 saturated carbocycles. The largest absolute Gasteiger partial charge is 0.471 e. The van der Waals surface area contributed by atoms with E-state index in [9.17, 15) is 78.5 Å². The summed E-state index contributed by atoms with van der Waals surface area (Å²) in [5, 5.41) is 67.6. The summed E-state index contributed by atoms with van der Waals surface area (Å²) in [5.74, 6) is 0.773. The third kappa shape index (κ3) is 24.3. The zero-order chi connectivity index (χ0) is 92.2. The number of nitrogens with two attached hydrogens (primary N) is 4. The first-order valence-electron chi connectivity index (χ1n) is 37.8. The number of anilines is 3. The number of likely N-dealkylation sites (tertiary alicyclic amines) is 2. The lowest BCUT2D eigenvalue weighted by Crippen LogP contribution is -2.52. The molecule has 2 fully saturated rings. The summed E-state index contributed by atoms with van der Waals surface area (Å²) >= 11 is 0. The Morgan fingerprint density at radius 3 is 1.20 bits per heavy atom. The number of halogens is 10. The predicted octanol–water partition coefficient (Wildman–Crippen LogP) is 10.0. The van der Waals surface area contributed by atoms with Crippen molar-refractivity contribution in [2.75, 3.05) is 43.1 Å². The van der Waals surface area contributed by atoms with Crippen LogP contribution in [0, 0.1) is 68.9 Å². The van der Waals surface area contributed by atoms with E-state index in [1.54, 1.807) is 93.3 Å². The third-order valence-electron chi connectivity index (χ3n) is 18.9. The van der Waals surface area contributed by atoms with Crippen molar-refractivity contribution in [1.82, 2.24) is 87.8 Å². The van der Waals surface area contributed by atoms with Gasteiger partial charge in [-0.15, -0.1) is 12.4 Å². The van der Waals surface area contributed by atoms with E-state index in [1.165, 1.54) is 186 Å². The molecule has 8 aromatic heterocycles. The Labute approximate surface area is 725 Å². The monoisotopic (exact) mass is 1790 g/mol. The number of aliphatic hydroxyl groups is 2. The van der Waals surface area contributed by atoms with Crippen LogP contribution in [0.3, 0.4) is 0 Å². The first kappa shape index (κ1) is 96.0. The van der Waals surface area contributed by atoms with Crippen LogP contribution in [0.25, 0.3) is 61.5 Å². The summed E-state index contributed by atoms with van der Waals surface area (Å²) in [4.78, 5) is 89.1. The van der Waals surface area contributed by atoms with Crippen LogP contribution in [-0.2, 0) is 22.6 Å². The van der Waals surface area contributed by atoms with Crippen molar-refractivity contribution in [2.45, 2.75) is 89.4 Å². The molecule has 10 heterocycles. The topological polar surface area (TPSA) is 499 Å². The average Bonchev–Trinajstić information content (AvgIpc) is 1.59. The molecule has 6 aromatic carbocycles. The minimum atomic E-state index is -4.97. The number of piperidine rings is 2. The quantitative estimate of drug-likeness (QED) is 0.0258. The molecule has 0 aliphatic carbocycles. The number of primary amides is 1. The number of aromatic nitrogens is 16. The van der Waals surface area contributed by atoms with Crippen molar-refractivity contribution >= 4 is 80.7 Å². The number of aromatic amines is 1. The summed E-state index contributed by atoms with van der Waals surface area (Å²) in [6.07, 6.45) is 7.20. The second-order valence-electron chi connectivity index (χ2n) is 28.8. The lowest BCUT2D eigenvalue weighted by Gasteiger charge is -2.38. The normalized spacial score (nSPS) is 12.9. The number of ether oxygens (including phenoxy) is 1. The molecule has 2 aliphatic rings. The Morgan fingerprint density at radius 1 is 0.523 bits per heavy atom. The van der Waals surface area contributed by atoms with Crippen molar-refractivity contribution in [3.8, 4) is 46.6 Å². The molecule has 128 heavy (non-hydrogen) atoms. The van der Waals surface area contributed by atoms with E-state index < -0.39 is 52.3 Å². The number of hydrogen-bond donors (Lipinski definition) is 8. The van der Waals surface area contributed by atoms with Gasteiger partial charge in [0.15, 0.2) is 16.9 Å². The molecular formula is C83H78ClF9N26O9. The van der Waals surface area contributed by atoms with E-state index in [2.05, 4.69) is 50.9 Å². The first-order valence-corrected chi connectivity index (χ1v) is 37.8. The van der Waals surface area contributed by atoms with E-state index in [0.717, 1.165) is 0 Å². The lowest BCUT2D eigenvalue weighted by atomic mass is 9.91. The maximum Gasteiger partial charge on any atom is 0.471 e. The van der Waals surface area contributed by atoms with Crippen molar-refractivity contribution in [1.29, 1.82) is 15.8 Å². The fourth-order valence-corrected chi connectivity index (χ4v) is 12.2. The molecule has 664 valence electrons.